The van der Waals surface area contributed by atoms with Crippen molar-refractivity contribution in [2.75, 3.05) is 30.3 Å². The molecule has 0 saturated heterocycles. The van der Waals surface area contributed by atoms with Gasteiger partial charge < -0.3 is 9.64 Å². The summed E-state index contributed by atoms with van der Waals surface area (Å²) in [4.78, 5) is 20.2. The maximum atomic E-state index is 13.0. The van der Waals surface area contributed by atoms with E-state index in [0.29, 0.717) is 42.3 Å². The summed E-state index contributed by atoms with van der Waals surface area (Å²) >= 11 is 0. The topological polar surface area (TPSA) is 88.6 Å². The number of sulfonamides is 1. The Morgan fingerprint density at radius 2 is 2.03 bits per heavy atom. The van der Waals surface area contributed by atoms with Crippen molar-refractivity contribution in [1.29, 1.82) is 0 Å². The number of anilines is 1. The van der Waals surface area contributed by atoms with Gasteiger partial charge in [0.25, 0.3) is 5.91 Å². The number of ether oxygens (including phenoxy) is 1. The van der Waals surface area contributed by atoms with Crippen molar-refractivity contribution < 1.29 is 17.9 Å². The maximum absolute atomic E-state index is 13.0. The minimum atomic E-state index is -3.72. The van der Waals surface area contributed by atoms with Crippen molar-refractivity contribution in [2.45, 2.75) is 71.6 Å². The fourth-order valence-corrected chi connectivity index (χ4v) is 8.28. The van der Waals surface area contributed by atoms with E-state index in [2.05, 4.69) is 42.2 Å². The zero-order chi connectivity index (χ0) is 27.6. The molecule has 4 atom stereocenters. The number of nitrogens with zero attached hydrogens (tertiary/aromatic N) is 2. The van der Waals surface area contributed by atoms with Crippen LogP contribution in [0.2, 0.25) is 0 Å². The molecule has 2 aliphatic heterocycles. The molecule has 2 bridgehead atoms. The van der Waals surface area contributed by atoms with Gasteiger partial charge in [0, 0.05) is 18.5 Å². The average Bonchev–Trinajstić information content (AvgIpc) is 3.04. The summed E-state index contributed by atoms with van der Waals surface area (Å²) < 4.78 is 34.0. The van der Waals surface area contributed by atoms with Gasteiger partial charge in [-0.05, 0) is 86.5 Å². The zero-order valence-corrected chi connectivity index (χ0v) is 24.3. The van der Waals surface area contributed by atoms with Gasteiger partial charge in [0.05, 0.1) is 12.4 Å². The molecule has 3 heterocycles. The van der Waals surface area contributed by atoms with Crippen LogP contribution in [0.1, 0.15) is 82.1 Å². The van der Waals surface area contributed by atoms with Gasteiger partial charge in [-0.1, -0.05) is 51.0 Å². The van der Waals surface area contributed by atoms with E-state index in [9.17, 15) is 13.2 Å². The van der Waals surface area contributed by atoms with Crippen molar-refractivity contribution >= 4 is 21.7 Å². The van der Waals surface area contributed by atoms with Gasteiger partial charge >= 0.3 is 0 Å². The van der Waals surface area contributed by atoms with Crippen molar-refractivity contribution in [3.63, 3.8) is 0 Å². The second-order valence-corrected chi connectivity index (χ2v) is 13.9. The van der Waals surface area contributed by atoms with Crippen LogP contribution in [0.3, 0.4) is 0 Å². The van der Waals surface area contributed by atoms with Crippen molar-refractivity contribution in [3.8, 4) is 5.75 Å². The molecule has 8 heteroatoms. The van der Waals surface area contributed by atoms with E-state index in [0.717, 1.165) is 51.6 Å². The van der Waals surface area contributed by atoms with E-state index in [1.165, 1.54) is 24.0 Å². The second-order valence-electron chi connectivity index (χ2n) is 12.0. The second kappa shape index (κ2) is 11.5. The molecular weight excluding hydrogens is 510 g/mol. The molecule has 1 N–H and O–H groups in total. The van der Waals surface area contributed by atoms with Crippen LogP contribution >= 0.6 is 0 Å². The fraction of sp³-hybridized carbons (Fsp3) is 0.613. The van der Waals surface area contributed by atoms with Crippen molar-refractivity contribution in [1.82, 2.24) is 9.71 Å². The van der Waals surface area contributed by atoms with Crippen LogP contribution in [0.5, 0.6) is 5.75 Å². The van der Waals surface area contributed by atoms with Crippen molar-refractivity contribution in [2.24, 2.45) is 23.2 Å². The predicted octanol–water partition coefficient (Wildman–Crippen LogP) is 5.81. The lowest BCUT2D eigenvalue weighted by Crippen LogP contribution is -2.47. The Kier molecular flexibility index (Phi) is 8.22. The molecule has 39 heavy (non-hydrogen) atoms. The van der Waals surface area contributed by atoms with Crippen LogP contribution < -0.4 is 14.4 Å². The first-order chi connectivity index (χ1) is 18.7. The molecule has 4 unspecified atom stereocenters. The van der Waals surface area contributed by atoms with Gasteiger partial charge in [-0.15, -0.1) is 0 Å². The molecule has 1 spiro atoms. The summed E-state index contributed by atoms with van der Waals surface area (Å²) in [7, 11) is -3.72. The van der Waals surface area contributed by atoms with Crippen molar-refractivity contribution in [3.05, 3.63) is 53.8 Å². The molecule has 4 aliphatic rings. The highest BCUT2D eigenvalue weighted by atomic mass is 32.2. The fourth-order valence-electron chi connectivity index (χ4n) is 7.21. The van der Waals surface area contributed by atoms with E-state index in [4.69, 9.17) is 9.72 Å². The molecule has 1 saturated carbocycles. The lowest BCUT2D eigenvalue weighted by atomic mass is 9.65. The molecule has 1 amide bonds. The van der Waals surface area contributed by atoms with Crippen LogP contribution in [0.25, 0.3) is 0 Å². The van der Waals surface area contributed by atoms with Gasteiger partial charge in [0.2, 0.25) is 10.0 Å². The normalized spacial score (nSPS) is 31.6. The third-order valence-electron chi connectivity index (χ3n) is 9.45. The zero-order valence-electron chi connectivity index (χ0n) is 23.5. The Bertz CT molecular complexity index is 1270. The van der Waals surface area contributed by atoms with Gasteiger partial charge in [0.15, 0.2) is 11.6 Å². The minimum absolute atomic E-state index is 0.0480. The Labute approximate surface area is 233 Å². The number of carbonyl (C=O) groups excluding carboxylic acids is 1. The summed E-state index contributed by atoms with van der Waals surface area (Å²) in [5.41, 5.74) is 2.45. The van der Waals surface area contributed by atoms with Gasteiger partial charge in [-0.25, -0.2) is 18.1 Å². The first-order valence-electron chi connectivity index (χ1n) is 14.7. The standard InChI is InChI=1S/C31H43N3O4S/c1-4-10-26-23(5-2)12-9-17-31(26)20-34-19-24-13-14-25(24)22(3)11-7-6-8-18-39(36,37)33-30(35)27-15-16-28(38-21-31)29(34)32-27/h4-5,10,15-16,22,24-25H,2,6-9,11-14,17-21H2,1,3H3,(H,33,35)/b10-4-. The summed E-state index contributed by atoms with van der Waals surface area (Å²) in [6.07, 6.45) is 15.4. The Hall–Kier alpha value is -2.61. The first-order valence-corrected chi connectivity index (χ1v) is 16.3. The molecule has 0 radical (unpaired) electrons. The Morgan fingerprint density at radius 1 is 1.18 bits per heavy atom. The summed E-state index contributed by atoms with van der Waals surface area (Å²) in [5, 5.41) is 0. The number of hydrogen-bond acceptors (Lipinski definition) is 6. The number of amides is 1. The number of rotatable bonds is 2. The molecule has 5 rings (SSSR count). The summed E-state index contributed by atoms with van der Waals surface area (Å²) in [5.74, 6) is 2.39. The minimum Gasteiger partial charge on any atom is -0.489 e. The van der Waals surface area contributed by atoms with E-state index >= 15 is 0 Å². The lowest BCUT2D eigenvalue weighted by molar-refractivity contribution is 0.0976. The van der Waals surface area contributed by atoms with Crippen LogP contribution in [-0.4, -0.2) is 44.8 Å². The monoisotopic (exact) mass is 553 g/mol. The first kappa shape index (κ1) is 27.9. The SMILES string of the molecule is C=CC1=C(/C=C\C)C2(CCC1)COc1ccc3nc1N(CC1CCC1C(C)CCCCCS(=O)(=O)NC3=O)C2. The molecule has 212 valence electrons. The molecule has 0 aromatic carbocycles. The molecule has 7 nitrogen and oxygen atoms in total. The average molecular weight is 554 g/mol. The van der Waals surface area contributed by atoms with E-state index in [1.807, 2.05) is 6.08 Å². The Morgan fingerprint density at radius 3 is 2.77 bits per heavy atom. The van der Waals surface area contributed by atoms with Gasteiger partial charge in [0.1, 0.15) is 5.69 Å². The van der Waals surface area contributed by atoms with E-state index < -0.39 is 15.9 Å². The molecule has 2 aliphatic carbocycles. The third-order valence-corrected chi connectivity index (χ3v) is 10.8. The number of aromatic nitrogens is 1. The highest BCUT2D eigenvalue weighted by Gasteiger charge is 2.44. The van der Waals surface area contributed by atoms with Gasteiger partial charge in [-0.2, -0.15) is 0 Å². The van der Waals surface area contributed by atoms with E-state index in [-0.39, 0.29) is 16.9 Å². The van der Waals surface area contributed by atoms with Crippen LogP contribution in [-0.2, 0) is 10.0 Å². The largest absolute Gasteiger partial charge is 0.489 e. The van der Waals surface area contributed by atoms with Gasteiger partial charge in [-0.3, -0.25) is 4.79 Å². The maximum Gasteiger partial charge on any atom is 0.283 e. The highest BCUT2D eigenvalue weighted by molar-refractivity contribution is 7.90. The number of nitrogens with one attached hydrogen (secondary N) is 1. The number of carbonyl (C=O) groups is 1. The number of fused-ring (bicyclic) bond motifs is 2. The number of allylic oxidation sites excluding steroid dienone is 4. The summed E-state index contributed by atoms with van der Waals surface area (Å²) in [6.45, 7) is 10.7. The predicted molar refractivity (Wildman–Crippen MR) is 155 cm³/mol. The van der Waals surface area contributed by atoms with Crippen LogP contribution in [0.4, 0.5) is 5.82 Å². The molecule has 1 aromatic rings. The quantitative estimate of drug-likeness (QED) is 0.498. The molecule has 1 fully saturated rings. The van der Waals surface area contributed by atoms with Crippen LogP contribution in [0, 0.1) is 23.2 Å². The third kappa shape index (κ3) is 5.81. The molecular formula is C31H43N3O4S. The highest BCUT2D eigenvalue weighted by Crippen LogP contribution is 2.49. The Balaban J connectivity index is 1.57. The number of hydrogen-bond donors (Lipinski definition) is 1. The van der Waals surface area contributed by atoms with E-state index in [1.54, 1.807) is 12.1 Å². The smallest absolute Gasteiger partial charge is 0.283 e. The summed E-state index contributed by atoms with van der Waals surface area (Å²) in [6, 6.07) is 3.37. The lowest BCUT2D eigenvalue weighted by Gasteiger charge is -2.46. The molecule has 1 aromatic heterocycles. The van der Waals surface area contributed by atoms with Crippen LogP contribution in [0.15, 0.2) is 48.1 Å². The number of pyridine rings is 1.